The Hall–Kier alpha value is -10.5. The maximum Gasteiger partial charge on any atom is 0.261 e. The number of halogens is 1. The molecule has 0 radical (unpaired) electrons. The maximum absolute atomic E-state index is 13.8. The molecule has 6 aromatic carbocycles. The number of hydrogen-bond acceptors (Lipinski definition) is 17. The van der Waals surface area contributed by atoms with Crippen LogP contribution >= 0.6 is 11.3 Å². The molecule has 12 aromatic rings. The van der Waals surface area contributed by atoms with Crippen LogP contribution in [-0.4, -0.2) is 90.7 Å². The Balaban J connectivity index is 0.000000156. The molecule has 486 valence electrons. The number of pyridine rings is 2. The molecular weight excluding hydrogens is 1290 g/mol. The van der Waals surface area contributed by atoms with Gasteiger partial charge in [0.1, 0.15) is 17.3 Å². The van der Waals surface area contributed by atoms with Gasteiger partial charge in [-0.2, -0.15) is 5.10 Å². The third-order valence-electron chi connectivity index (χ3n) is 14.8. The van der Waals surface area contributed by atoms with Crippen LogP contribution in [0.4, 0.5) is 4.39 Å². The number of aryl methyl sites for hydroxylation is 2. The van der Waals surface area contributed by atoms with Gasteiger partial charge in [-0.15, -0.1) is 11.3 Å². The van der Waals surface area contributed by atoms with E-state index in [1.54, 1.807) is 140 Å². The van der Waals surface area contributed by atoms with Crippen molar-refractivity contribution in [1.29, 1.82) is 0 Å². The molecule has 6 heterocycles. The van der Waals surface area contributed by atoms with Crippen molar-refractivity contribution in [2.24, 2.45) is 0 Å². The lowest BCUT2D eigenvalue weighted by Gasteiger charge is -2.11. The molecule has 0 unspecified atom stereocenters. The highest BCUT2D eigenvalue weighted by Crippen LogP contribution is 2.30. The number of amides is 3. The maximum atomic E-state index is 13.8. The van der Waals surface area contributed by atoms with Crippen LogP contribution in [-0.2, 0) is 49.1 Å². The van der Waals surface area contributed by atoms with Gasteiger partial charge in [-0.3, -0.25) is 28.9 Å². The van der Waals surface area contributed by atoms with Crippen molar-refractivity contribution in [1.82, 2.24) is 50.5 Å². The second-order valence-corrected chi connectivity index (χ2v) is 28.4. The molecule has 0 atom stereocenters. The number of sulfone groups is 3. The highest BCUT2D eigenvalue weighted by atomic mass is 32.2. The summed E-state index contributed by atoms with van der Waals surface area (Å²) < 4.78 is 105. The summed E-state index contributed by atoms with van der Waals surface area (Å²) in [4.78, 5) is 55.0. The van der Waals surface area contributed by atoms with E-state index >= 15 is 0 Å². The summed E-state index contributed by atoms with van der Waals surface area (Å²) in [6, 6.07) is 39.8. The number of carbonyl (C=O) groups is 3. The molecule has 0 aliphatic rings. The number of aromatic nitrogens is 7. The smallest absolute Gasteiger partial charge is 0.261 e. The molecule has 12 rings (SSSR count). The van der Waals surface area contributed by atoms with Crippen molar-refractivity contribution in [2.75, 3.05) is 13.2 Å². The van der Waals surface area contributed by atoms with E-state index in [2.05, 4.69) is 53.0 Å². The zero-order valence-electron chi connectivity index (χ0n) is 51.7. The van der Waals surface area contributed by atoms with Crippen LogP contribution in [0.25, 0.3) is 26.9 Å². The SMILES string of the molecule is CCCCOc1ccc(S(=O)(=O)c2ccc(CNC(=O)c3cc4ccncc4s3)cc2)c(C)c1.CCOc1cccc(S(=O)(=O)c2ccc(CNC(=O)c3cnc4nccn4c3)cc2)c1.Cc1ccc(S(=O)(=O)c2ccc(CNC(=O)c3cnc4[nH]ncc4c3)cc2)cc1F. The number of unbranched alkanes of at least 4 members (excludes halogenated alkanes) is 1. The third kappa shape index (κ3) is 16.5. The number of hydrogen-bond donors (Lipinski definition) is 4. The topological polar surface area (TPSA) is 293 Å². The van der Waals surface area contributed by atoms with E-state index in [1.807, 2.05) is 19.1 Å². The van der Waals surface area contributed by atoms with Crippen LogP contribution in [0.5, 0.6) is 11.5 Å². The first-order chi connectivity index (χ1) is 45.7. The molecule has 26 heteroatoms. The molecule has 0 aliphatic carbocycles. The fraction of sp³-hybridized carbons (Fsp3) is 0.159. The molecule has 0 aliphatic heterocycles. The fourth-order valence-corrected chi connectivity index (χ4v) is 14.5. The van der Waals surface area contributed by atoms with Crippen molar-refractivity contribution in [3.63, 3.8) is 0 Å². The Morgan fingerprint density at radius 2 is 1.16 bits per heavy atom. The number of thiophene rings is 1. The lowest BCUT2D eigenvalue weighted by Crippen LogP contribution is -2.23. The summed E-state index contributed by atoms with van der Waals surface area (Å²) in [6.07, 6.45) is 14.9. The number of aromatic amines is 1. The van der Waals surface area contributed by atoms with E-state index in [0.717, 1.165) is 51.1 Å². The van der Waals surface area contributed by atoms with Gasteiger partial charge in [0.25, 0.3) is 17.7 Å². The standard InChI is InChI=1S/C26H26N2O4S2.C22H20N4O4S.C21H17FN4O3S/c1-3-4-13-32-21-7-10-25(18(2)14-21)34(30,31)22-8-5-19(6-9-22)16-28-26(29)23-15-20-11-12-27-17-24(20)33-23;1-2-30-18-4-3-5-20(12-18)31(28,29)19-8-6-16(7-9-19)13-24-21(27)17-14-25-22-23-10-11-26(22)15-17;1-13-2-5-18(9-19(13)22)30(28,29)17-6-3-14(4-7-17)10-24-21(27)16-8-15-12-25-26-20(15)23-11-16/h5-12,14-15,17H,3-4,13,16H2,1-2H3,(H,28,29);3-12,14-15H,2,13H2,1H3,(H,24,27);2-9,11-12H,10H2,1H3,(H,24,27)(H,23,25,26). The van der Waals surface area contributed by atoms with Crippen LogP contribution in [0, 0.1) is 19.7 Å². The van der Waals surface area contributed by atoms with Crippen molar-refractivity contribution < 1.29 is 53.5 Å². The van der Waals surface area contributed by atoms with E-state index in [1.165, 1.54) is 72.3 Å². The zero-order valence-corrected chi connectivity index (χ0v) is 55.0. The summed E-state index contributed by atoms with van der Waals surface area (Å²) in [5.74, 6) is 0.357. The van der Waals surface area contributed by atoms with Crippen LogP contribution in [0.3, 0.4) is 0 Å². The Labute approximate surface area is 551 Å². The second kappa shape index (κ2) is 30.0. The lowest BCUT2D eigenvalue weighted by atomic mass is 10.2. The van der Waals surface area contributed by atoms with E-state index < -0.39 is 35.3 Å². The molecule has 0 bridgehead atoms. The first-order valence-electron chi connectivity index (χ1n) is 29.7. The summed E-state index contributed by atoms with van der Waals surface area (Å²) in [7, 11) is -11.2. The number of ether oxygens (including phenoxy) is 2. The number of nitrogens with one attached hydrogen (secondary N) is 4. The number of imidazole rings is 1. The molecular formula is C69H63FN10O11S4. The number of fused-ring (bicyclic) bond motifs is 3. The number of H-pyrrole nitrogens is 1. The molecule has 6 aromatic heterocycles. The van der Waals surface area contributed by atoms with Gasteiger partial charge >= 0.3 is 0 Å². The number of nitrogens with zero attached hydrogens (tertiary/aromatic N) is 6. The predicted octanol–water partition coefficient (Wildman–Crippen LogP) is 11.6. The highest BCUT2D eigenvalue weighted by molar-refractivity contribution is 7.92. The van der Waals surface area contributed by atoms with Crippen LogP contribution in [0.2, 0.25) is 0 Å². The third-order valence-corrected chi connectivity index (χ3v) is 21.3. The minimum Gasteiger partial charge on any atom is -0.494 e. The highest BCUT2D eigenvalue weighted by Gasteiger charge is 2.23. The number of benzene rings is 6. The van der Waals surface area contributed by atoms with Gasteiger partial charge < -0.3 is 25.4 Å². The monoisotopic (exact) mass is 1350 g/mol. The Bertz CT molecular complexity index is 5070. The predicted molar refractivity (Wildman–Crippen MR) is 356 cm³/mol. The zero-order chi connectivity index (χ0) is 67.3. The van der Waals surface area contributed by atoms with Crippen LogP contribution < -0.4 is 25.4 Å². The van der Waals surface area contributed by atoms with Gasteiger partial charge in [0.2, 0.25) is 35.3 Å². The Morgan fingerprint density at radius 1 is 0.558 bits per heavy atom. The number of carbonyl (C=O) groups excluding carboxylic acids is 3. The lowest BCUT2D eigenvalue weighted by molar-refractivity contribution is 0.0942. The first-order valence-corrected chi connectivity index (χ1v) is 35.0. The largest absolute Gasteiger partial charge is 0.494 e. The molecule has 3 amide bonds. The summed E-state index contributed by atoms with van der Waals surface area (Å²) >= 11 is 1.39. The molecule has 0 fully saturated rings. The average molecular weight is 1360 g/mol. The minimum atomic E-state index is -3.83. The Morgan fingerprint density at radius 3 is 1.78 bits per heavy atom. The van der Waals surface area contributed by atoms with E-state index in [9.17, 15) is 44.0 Å². The minimum absolute atomic E-state index is 0.0513. The van der Waals surface area contributed by atoms with Gasteiger partial charge in [-0.1, -0.05) is 61.9 Å². The van der Waals surface area contributed by atoms with Gasteiger partial charge in [-0.05, 0) is 164 Å². The van der Waals surface area contributed by atoms with Crippen molar-refractivity contribution in [3.05, 3.63) is 251 Å². The molecule has 0 spiro atoms. The number of rotatable bonds is 21. The van der Waals surface area contributed by atoms with Crippen molar-refractivity contribution in [3.8, 4) is 11.5 Å². The van der Waals surface area contributed by atoms with Gasteiger partial charge in [0.15, 0.2) is 5.65 Å². The quantitative estimate of drug-likeness (QED) is 0.0486. The van der Waals surface area contributed by atoms with Crippen molar-refractivity contribution in [2.45, 2.75) is 89.5 Å². The second-order valence-electron chi connectivity index (χ2n) is 21.5. The summed E-state index contributed by atoms with van der Waals surface area (Å²) in [5, 5.41) is 16.8. The van der Waals surface area contributed by atoms with Gasteiger partial charge in [-0.25, -0.2) is 44.6 Å². The van der Waals surface area contributed by atoms with E-state index in [4.69, 9.17) is 9.47 Å². The first kappa shape index (κ1) is 67.4. The molecule has 21 nitrogen and oxygen atoms in total. The molecule has 4 N–H and O–H groups in total. The van der Waals surface area contributed by atoms with Crippen LogP contribution in [0.15, 0.2) is 231 Å². The van der Waals surface area contributed by atoms with E-state index in [0.29, 0.717) is 69.8 Å². The summed E-state index contributed by atoms with van der Waals surface area (Å²) in [6.45, 7) is 9.09. The molecule has 0 saturated heterocycles. The van der Waals surface area contributed by atoms with Crippen LogP contribution in [0.1, 0.15) is 84.9 Å². The fourth-order valence-electron chi connectivity index (χ4n) is 9.47. The van der Waals surface area contributed by atoms with E-state index in [-0.39, 0.29) is 60.2 Å². The summed E-state index contributed by atoms with van der Waals surface area (Å²) in [5.41, 5.74) is 4.71. The average Bonchev–Trinajstić information content (AvgIpc) is 1.80. The van der Waals surface area contributed by atoms with Gasteiger partial charge in [0, 0.05) is 68.4 Å². The van der Waals surface area contributed by atoms with Crippen molar-refractivity contribution >= 4 is 85.5 Å². The molecule has 0 saturated carbocycles. The Kier molecular flexibility index (Phi) is 21.3. The normalized spacial score (nSPS) is 11.5. The molecule has 95 heavy (non-hydrogen) atoms. The van der Waals surface area contributed by atoms with Gasteiger partial charge in [0.05, 0.1) is 69.5 Å².